The molecule has 0 saturated carbocycles. The number of hydrazine groups is 1. The molecule has 0 fully saturated rings. The smallest absolute Gasteiger partial charge is 0.274 e. The Balaban J connectivity index is 2.54. The van der Waals surface area contributed by atoms with Gasteiger partial charge in [-0.2, -0.15) is 0 Å². The molecule has 0 saturated heterocycles. The van der Waals surface area contributed by atoms with E-state index < -0.39 is 37.0 Å². The van der Waals surface area contributed by atoms with Gasteiger partial charge >= 0.3 is 0 Å². The largest absolute Gasteiger partial charge is 0.330 e. The minimum absolute atomic E-state index is 0.143. The lowest BCUT2D eigenvalue weighted by molar-refractivity contribution is -0.385. The number of hydrogen-bond acceptors (Lipinski definition) is 7. The molecule has 0 unspecified atom stereocenters. The molecule has 0 amide bonds. The van der Waals surface area contributed by atoms with Crippen LogP contribution in [0.25, 0.3) is 0 Å². The van der Waals surface area contributed by atoms with Gasteiger partial charge in [-0.15, -0.1) is 0 Å². The summed E-state index contributed by atoms with van der Waals surface area (Å²) in [6.45, 7) is 0. The molecule has 0 aliphatic heterocycles. The third-order valence-corrected chi connectivity index (χ3v) is 3.81. The highest BCUT2D eigenvalue weighted by Gasteiger charge is 2.27. The average molecular weight is 316 g/mol. The number of rotatable bonds is 5. The van der Waals surface area contributed by atoms with Crippen LogP contribution in [0.4, 0.5) is 21.7 Å². The molecule has 0 radical (unpaired) electrons. The normalized spacial score (nSPS) is 11.1. The molecule has 21 heavy (non-hydrogen) atoms. The van der Waals surface area contributed by atoms with Crippen molar-refractivity contribution in [1.82, 2.24) is 9.97 Å². The number of nitrogens with zero attached hydrogens (tertiary/aromatic N) is 2. The van der Waals surface area contributed by atoms with Crippen LogP contribution in [0.15, 0.2) is 29.4 Å². The fourth-order valence-electron chi connectivity index (χ4n) is 1.56. The Hall–Kier alpha value is -2.73. The Morgan fingerprint density at radius 3 is 2.67 bits per heavy atom. The van der Waals surface area contributed by atoms with Crippen molar-refractivity contribution in [1.29, 1.82) is 0 Å². The second kappa shape index (κ2) is 5.34. The molecule has 1 aromatic heterocycles. The lowest BCUT2D eigenvalue weighted by Crippen LogP contribution is -2.20. The highest BCUT2D eigenvalue weighted by molar-refractivity contribution is 7.92. The third kappa shape index (κ3) is 2.90. The Morgan fingerprint density at radius 1 is 1.43 bits per heavy atom. The Labute approximate surface area is 117 Å². The van der Waals surface area contributed by atoms with Crippen LogP contribution in [0.2, 0.25) is 0 Å². The summed E-state index contributed by atoms with van der Waals surface area (Å²) in [5.74, 6) is 3.64. The van der Waals surface area contributed by atoms with Gasteiger partial charge in [0.2, 0.25) is 5.95 Å². The van der Waals surface area contributed by atoms with Gasteiger partial charge in [0.1, 0.15) is 4.90 Å². The highest BCUT2D eigenvalue weighted by atomic mass is 32.2. The molecule has 2 rings (SSSR count). The van der Waals surface area contributed by atoms with Crippen LogP contribution in [0, 0.1) is 15.9 Å². The summed E-state index contributed by atoms with van der Waals surface area (Å²) in [5, 5.41) is 10.6. The molecular formula is C9H9FN6O4S. The second-order valence-corrected chi connectivity index (χ2v) is 5.37. The van der Waals surface area contributed by atoms with E-state index in [-0.39, 0.29) is 5.95 Å². The lowest BCUT2D eigenvalue weighted by atomic mass is 10.3. The maximum absolute atomic E-state index is 13.9. The van der Waals surface area contributed by atoms with Crippen LogP contribution in [0.1, 0.15) is 0 Å². The van der Waals surface area contributed by atoms with Crippen molar-refractivity contribution in [2.45, 2.75) is 4.90 Å². The minimum atomic E-state index is -4.38. The summed E-state index contributed by atoms with van der Waals surface area (Å²) >= 11 is 0. The number of hydrogen-bond donors (Lipinski definition) is 4. The summed E-state index contributed by atoms with van der Waals surface area (Å²) in [7, 11) is -4.38. The molecule has 0 spiro atoms. The third-order valence-electron chi connectivity index (χ3n) is 2.39. The van der Waals surface area contributed by atoms with Gasteiger partial charge in [0.25, 0.3) is 15.7 Å². The summed E-state index contributed by atoms with van der Waals surface area (Å²) in [6, 6.07) is 1.29. The first-order valence-electron chi connectivity index (χ1n) is 5.32. The molecule has 12 heteroatoms. The predicted octanol–water partition coefficient (Wildman–Crippen LogP) is 0.543. The second-order valence-electron chi connectivity index (χ2n) is 3.75. The lowest BCUT2D eigenvalue weighted by Gasteiger charge is -2.11. The zero-order valence-electron chi connectivity index (χ0n) is 10.2. The summed E-state index contributed by atoms with van der Waals surface area (Å²) in [4.78, 5) is 15.0. The van der Waals surface area contributed by atoms with Gasteiger partial charge in [-0.3, -0.25) is 16.0 Å². The number of nitrogens with one attached hydrogen (secondary N) is 3. The molecule has 5 N–H and O–H groups in total. The summed E-state index contributed by atoms with van der Waals surface area (Å²) in [5.41, 5.74) is 0.824. The maximum atomic E-state index is 13.9. The quantitative estimate of drug-likeness (QED) is 0.356. The molecule has 0 bridgehead atoms. The van der Waals surface area contributed by atoms with Crippen molar-refractivity contribution in [3.8, 4) is 0 Å². The van der Waals surface area contributed by atoms with E-state index in [4.69, 9.17) is 5.84 Å². The number of aromatic amines is 1. The number of aromatic nitrogens is 2. The molecule has 1 aromatic carbocycles. The summed E-state index contributed by atoms with van der Waals surface area (Å²) in [6.07, 6.45) is 2.64. The van der Waals surface area contributed by atoms with Crippen molar-refractivity contribution in [2.75, 3.05) is 10.1 Å². The topological polar surface area (TPSA) is 156 Å². The first-order valence-corrected chi connectivity index (χ1v) is 6.80. The number of benzene rings is 1. The number of nitro benzene ring substituents is 1. The Kier molecular flexibility index (Phi) is 3.73. The van der Waals surface area contributed by atoms with Crippen molar-refractivity contribution in [3.05, 3.63) is 40.5 Å². The van der Waals surface area contributed by atoms with E-state index in [9.17, 15) is 22.9 Å². The number of sulfonamides is 1. The van der Waals surface area contributed by atoms with Gasteiger partial charge in [0.15, 0.2) is 5.82 Å². The van der Waals surface area contributed by atoms with E-state index in [0.717, 1.165) is 6.07 Å². The molecular weight excluding hydrogens is 307 g/mol. The van der Waals surface area contributed by atoms with Crippen LogP contribution in [0.5, 0.6) is 0 Å². The Morgan fingerprint density at radius 2 is 2.14 bits per heavy atom. The predicted molar refractivity (Wildman–Crippen MR) is 70.3 cm³/mol. The molecule has 0 atom stereocenters. The van der Waals surface area contributed by atoms with E-state index in [2.05, 4.69) is 9.97 Å². The fraction of sp³-hybridized carbons (Fsp3) is 0. The molecule has 0 aliphatic carbocycles. The van der Waals surface area contributed by atoms with E-state index in [1.165, 1.54) is 12.4 Å². The van der Waals surface area contributed by atoms with Crippen molar-refractivity contribution in [2.24, 2.45) is 5.84 Å². The van der Waals surface area contributed by atoms with Gasteiger partial charge < -0.3 is 10.4 Å². The van der Waals surface area contributed by atoms with E-state index in [1.807, 2.05) is 10.1 Å². The van der Waals surface area contributed by atoms with Crippen LogP contribution in [-0.4, -0.2) is 23.3 Å². The number of non-ortho nitro benzene ring substituents is 1. The highest BCUT2D eigenvalue weighted by Crippen LogP contribution is 2.30. The number of nitrogen functional groups attached to an aromatic ring is 1. The Bertz CT molecular complexity index is 776. The fourth-order valence-corrected chi connectivity index (χ4v) is 2.76. The number of halogens is 1. The number of anilines is 2. The van der Waals surface area contributed by atoms with E-state index in [0.29, 0.717) is 6.07 Å². The number of imidazole rings is 1. The molecule has 1 heterocycles. The van der Waals surface area contributed by atoms with Gasteiger partial charge in [-0.1, -0.05) is 0 Å². The van der Waals surface area contributed by atoms with Crippen molar-refractivity contribution < 1.29 is 17.7 Å². The van der Waals surface area contributed by atoms with Gasteiger partial charge in [0.05, 0.1) is 16.7 Å². The molecule has 0 aliphatic rings. The zero-order valence-corrected chi connectivity index (χ0v) is 11.0. The number of nitrogens with two attached hydrogens (primary N) is 1. The number of H-pyrrole nitrogens is 1. The van der Waals surface area contributed by atoms with E-state index in [1.54, 1.807) is 0 Å². The van der Waals surface area contributed by atoms with Crippen LogP contribution < -0.4 is 16.0 Å². The van der Waals surface area contributed by atoms with Crippen molar-refractivity contribution in [3.63, 3.8) is 0 Å². The zero-order chi connectivity index (χ0) is 15.6. The summed E-state index contributed by atoms with van der Waals surface area (Å²) < 4.78 is 40.1. The first kappa shape index (κ1) is 14.7. The van der Waals surface area contributed by atoms with Gasteiger partial charge in [0, 0.05) is 18.5 Å². The standard InChI is InChI=1S/C9H9FN6O4S/c10-6-3-5(16(17)18)4-7(14-11)8(6)21(19,20)15-9-12-1-2-13-9/h1-4,14H,11H2,(H2,12,13,15). The maximum Gasteiger partial charge on any atom is 0.274 e. The molecule has 112 valence electrons. The SMILES string of the molecule is NNc1cc([N+](=O)[O-])cc(F)c1S(=O)(=O)Nc1ncc[nH]1. The van der Waals surface area contributed by atoms with Crippen LogP contribution in [0.3, 0.4) is 0 Å². The first-order chi connectivity index (χ1) is 9.85. The van der Waals surface area contributed by atoms with E-state index >= 15 is 0 Å². The van der Waals surface area contributed by atoms with Crippen molar-refractivity contribution >= 4 is 27.3 Å². The monoisotopic (exact) mass is 316 g/mol. The van der Waals surface area contributed by atoms with Gasteiger partial charge in [-0.25, -0.2) is 22.5 Å². The minimum Gasteiger partial charge on any atom is -0.330 e. The van der Waals surface area contributed by atoms with Crippen LogP contribution in [-0.2, 0) is 10.0 Å². The van der Waals surface area contributed by atoms with Crippen LogP contribution >= 0.6 is 0 Å². The number of nitro groups is 1. The molecule has 10 nitrogen and oxygen atoms in total. The molecule has 2 aromatic rings. The van der Waals surface area contributed by atoms with Gasteiger partial charge in [-0.05, 0) is 0 Å². The average Bonchev–Trinajstić information content (AvgIpc) is 2.89.